The zero-order valence-corrected chi connectivity index (χ0v) is 8.84. The van der Waals surface area contributed by atoms with Crippen LogP contribution in [-0.4, -0.2) is 5.91 Å². The van der Waals surface area contributed by atoms with Crippen molar-refractivity contribution in [2.24, 2.45) is 10.2 Å². The Balaban J connectivity index is 2.35. The van der Waals surface area contributed by atoms with Crippen LogP contribution in [-0.2, 0) is 4.79 Å². The van der Waals surface area contributed by atoms with Gasteiger partial charge in [0.15, 0.2) is 0 Å². The molecule has 0 fully saturated rings. The minimum absolute atomic E-state index is 0.407. The van der Waals surface area contributed by atoms with E-state index < -0.39 is 5.91 Å². The van der Waals surface area contributed by atoms with Gasteiger partial charge in [0.2, 0.25) is 0 Å². The number of nitrogens with zero attached hydrogens (tertiary/aromatic N) is 2. The molecule has 81 valence electrons. The summed E-state index contributed by atoms with van der Waals surface area (Å²) < 4.78 is 0. The zero-order chi connectivity index (χ0) is 11.8. The second-order valence-electron chi connectivity index (χ2n) is 3.73. The Morgan fingerprint density at radius 3 is 2.65 bits per heavy atom. The summed E-state index contributed by atoms with van der Waals surface area (Å²) in [5.74, 6) is -0.465. The number of hydrogen-bond acceptors (Lipinski definition) is 3. The summed E-state index contributed by atoms with van der Waals surface area (Å²) in [6.45, 7) is 0. The van der Waals surface area contributed by atoms with Crippen LogP contribution in [0.5, 0.6) is 0 Å². The molecule has 4 heteroatoms. The molecule has 3 rings (SSSR count). The maximum absolute atomic E-state index is 11.0. The van der Waals surface area contributed by atoms with E-state index in [-0.39, 0.29) is 0 Å². The Morgan fingerprint density at radius 1 is 1.06 bits per heavy atom. The number of azo groups is 1. The lowest BCUT2D eigenvalue weighted by Crippen LogP contribution is -1.94. The zero-order valence-electron chi connectivity index (χ0n) is 8.84. The number of nitrogen functional groups attached to an aromatic ring is 1. The van der Waals surface area contributed by atoms with Gasteiger partial charge >= 0.3 is 0 Å². The maximum atomic E-state index is 11.0. The molecule has 1 heterocycles. The smallest absolute Gasteiger partial charge is 0.298 e. The summed E-state index contributed by atoms with van der Waals surface area (Å²) in [4.78, 5) is 11.0. The number of anilines is 1. The molecule has 0 spiro atoms. The summed E-state index contributed by atoms with van der Waals surface area (Å²) in [6.07, 6.45) is 2.57. The lowest BCUT2D eigenvalue weighted by atomic mass is 10.0. The van der Waals surface area contributed by atoms with Crippen LogP contribution in [0.3, 0.4) is 0 Å². The van der Waals surface area contributed by atoms with Crippen LogP contribution in [0.15, 0.2) is 46.6 Å². The summed E-state index contributed by atoms with van der Waals surface area (Å²) >= 11 is 0. The molecule has 1 radical (unpaired) electrons. The lowest BCUT2D eigenvalue weighted by Gasteiger charge is -2.07. The molecular formula is C13H8N3O. The molecule has 0 bridgehead atoms. The van der Waals surface area contributed by atoms with Gasteiger partial charge < -0.3 is 5.73 Å². The number of carbonyl (C=O) groups is 1. The van der Waals surface area contributed by atoms with E-state index >= 15 is 0 Å². The Morgan fingerprint density at radius 2 is 1.88 bits per heavy atom. The van der Waals surface area contributed by atoms with Crippen molar-refractivity contribution in [3.05, 3.63) is 48.0 Å². The second kappa shape index (κ2) is 3.52. The molecule has 0 saturated heterocycles. The van der Waals surface area contributed by atoms with Gasteiger partial charge in [-0.3, -0.25) is 4.79 Å². The van der Waals surface area contributed by atoms with Crippen molar-refractivity contribution < 1.29 is 4.79 Å². The molecule has 2 aromatic rings. The largest absolute Gasteiger partial charge is 0.398 e. The predicted molar refractivity (Wildman–Crippen MR) is 64.9 cm³/mol. The minimum atomic E-state index is -0.465. The van der Waals surface area contributed by atoms with Gasteiger partial charge in [0.1, 0.15) is 5.70 Å². The number of benzene rings is 2. The fourth-order valence-electron chi connectivity index (χ4n) is 1.91. The van der Waals surface area contributed by atoms with Crippen LogP contribution in [0.2, 0.25) is 0 Å². The summed E-state index contributed by atoms with van der Waals surface area (Å²) in [7, 11) is 0. The fourth-order valence-corrected chi connectivity index (χ4v) is 1.91. The first-order chi connectivity index (χ1) is 8.25. The summed E-state index contributed by atoms with van der Waals surface area (Å²) in [6, 6.07) is 11.5. The third-order valence-corrected chi connectivity index (χ3v) is 2.66. The molecule has 0 aromatic heterocycles. The highest BCUT2D eigenvalue weighted by Crippen LogP contribution is 2.32. The number of amides is 1. The monoisotopic (exact) mass is 222 g/mol. The van der Waals surface area contributed by atoms with Gasteiger partial charge in [0.25, 0.3) is 5.91 Å². The Bertz CT molecular complexity index is 686. The molecule has 0 saturated carbocycles. The van der Waals surface area contributed by atoms with Crippen LogP contribution >= 0.6 is 0 Å². The van der Waals surface area contributed by atoms with Crippen molar-refractivity contribution in [2.45, 2.75) is 0 Å². The molecule has 0 atom stereocenters. The molecular weight excluding hydrogens is 214 g/mol. The van der Waals surface area contributed by atoms with Crippen molar-refractivity contribution in [3.8, 4) is 0 Å². The third-order valence-electron chi connectivity index (χ3n) is 2.66. The van der Waals surface area contributed by atoms with E-state index in [0.29, 0.717) is 11.4 Å². The van der Waals surface area contributed by atoms with Crippen molar-refractivity contribution in [1.82, 2.24) is 0 Å². The van der Waals surface area contributed by atoms with Gasteiger partial charge in [0, 0.05) is 11.3 Å². The molecule has 2 aromatic carbocycles. The molecule has 1 aliphatic heterocycles. The standard InChI is InChI=1S/C13H8N3O/c14-10-6-5-8-3-1-2-4-9(8)13(10)11-7-12(17)16-15-11/h1-6H,14H2. The van der Waals surface area contributed by atoms with E-state index in [9.17, 15) is 4.79 Å². The normalized spacial score (nSPS) is 14.4. The maximum Gasteiger partial charge on any atom is 0.298 e. The number of carbonyl (C=O) groups excluding carboxylic acids is 1. The Kier molecular flexibility index (Phi) is 2.01. The van der Waals surface area contributed by atoms with Gasteiger partial charge in [-0.05, 0) is 16.8 Å². The van der Waals surface area contributed by atoms with Crippen LogP contribution in [0.4, 0.5) is 5.69 Å². The van der Waals surface area contributed by atoms with Crippen LogP contribution in [0.1, 0.15) is 5.56 Å². The highest BCUT2D eigenvalue weighted by molar-refractivity contribution is 6.03. The van der Waals surface area contributed by atoms with E-state index in [0.717, 1.165) is 16.3 Å². The highest BCUT2D eigenvalue weighted by atomic mass is 16.1. The SMILES string of the molecule is Nc1ccc2ccccc2c1C1=[C]C(=O)N=N1. The van der Waals surface area contributed by atoms with Gasteiger partial charge in [0.05, 0.1) is 6.08 Å². The van der Waals surface area contributed by atoms with Crippen molar-refractivity contribution in [1.29, 1.82) is 0 Å². The van der Waals surface area contributed by atoms with Gasteiger partial charge in [-0.25, -0.2) is 0 Å². The number of fused-ring (bicyclic) bond motifs is 1. The minimum Gasteiger partial charge on any atom is -0.398 e. The number of nitrogens with two attached hydrogens (primary N) is 1. The van der Waals surface area contributed by atoms with Gasteiger partial charge in [-0.2, -0.15) is 0 Å². The van der Waals surface area contributed by atoms with E-state index in [4.69, 9.17) is 5.73 Å². The van der Waals surface area contributed by atoms with E-state index in [2.05, 4.69) is 16.3 Å². The van der Waals surface area contributed by atoms with Crippen LogP contribution in [0, 0.1) is 6.08 Å². The molecule has 17 heavy (non-hydrogen) atoms. The van der Waals surface area contributed by atoms with Gasteiger partial charge in [-0.1, -0.05) is 30.3 Å². The van der Waals surface area contributed by atoms with E-state index in [1.54, 1.807) is 6.07 Å². The second-order valence-corrected chi connectivity index (χ2v) is 3.73. The van der Waals surface area contributed by atoms with Crippen molar-refractivity contribution in [2.75, 3.05) is 5.73 Å². The number of rotatable bonds is 1. The average molecular weight is 222 g/mol. The highest BCUT2D eigenvalue weighted by Gasteiger charge is 2.16. The van der Waals surface area contributed by atoms with E-state index in [1.807, 2.05) is 30.3 Å². The number of hydrogen-bond donors (Lipinski definition) is 1. The lowest BCUT2D eigenvalue weighted by molar-refractivity contribution is -0.114. The third kappa shape index (κ3) is 1.50. The molecule has 0 unspecified atom stereocenters. The van der Waals surface area contributed by atoms with Crippen molar-refractivity contribution in [3.63, 3.8) is 0 Å². The summed E-state index contributed by atoms with van der Waals surface area (Å²) in [5.41, 5.74) is 7.63. The molecule has 2 N–H and O–H groups in total. The van der Waals surface area contributed by atoms with Crippen LogP contribution < -0.4 is 5.73 Å². The Hall–Kier alpha value is -2.49. The Labute approximate surface area is 97.5 Å². The predicted octanol–water partition coefficient (Wildman–Crippen LogP) is 2.56. The topological polar surface area (TPSA) is 67.8 Å². The first-order valence-electron chi connectivity index (χ1n) is 5.13. The quantitative estimate of drug-likeness (QED) is 0.753. The average Bonchev–Trinajstić information content (AvgIpc) is 2.75. The van der Waals surface area contributed by atoms with Crippen LogP contribution in [0.25, 0.3) is 16.5 Å². The van der Waals surface area contributed by atoms with Gasteiger partial charge in [-0.15, -0.1) is 10.2 Å². The summed E-state index contributed by atoms with van der Waals surface area (Å²) in [5, 5.41) is 9.21. The molecule has 1 amide bonds. The molecule has 0 aliphatic carbocycles. The molecule has 4 nitrogen and oxygen atoms in total. The molecule has 1 aliphatic rings. The fraction of sp³-hybridized carbons (Fsp3) is 0. The first kappa shape index (κ1) is 9.72. The van der Waals surface area contributed by atoms with E-state index in [1.165, 1.54) is 0 Å². The van der Waals surface area contributed by atoms with Crippen molar-refractivity contribution >= 4 is 28.1 Å². The first-order valence-corrected chi connectivity index (χ1v) is 5.13.